The second kappa shape index (κ2) is 5.44. The third-order valence-corrected chi connectivity index (χ3v) is 2.62. The van der Waals surface area contributed by atoms with E-state index < -0.39 is 48.5 Å². The Morgan fingerprint density at radius 2 is 1.69 bits per heavy atom. The van der Waals surface area contributed by atoms with Crippen LogP contribution in [0.15, 0.2) is 0 Å². The minimum Gasteiger partial charge on any atom is -0.395 e. The van der Waals surface area contributed by atoms with Gasteiger partial charge in [-0.05, 0) is 0 Å². The summed E-state index contributed by atoms with van der Waals surface area (Å²) in [6.45, 7) is -0.751. The Hall–Kier alpha value is -0.170. The predicted molar refractivity (Wildman–Crippen MR) is 48.6 cm³/mol. The molecule has 1 rings (SSSR count). The zero-order chi connectivity index (χ0) is 12.5. The minimum atomic E-state index is -2.80. The number of hydrogen-bond acceptors (Lipinski definition) is 8. The topological polar surface area (TPSA) is 151 Å². The van der Waals surface area contributed by atoms with Crippen LogP contribution in [0.2, 0.25) is 0 Å². The Morgan fingerprint density at radius 3 is 2.12 bits per heavy atom. The molecule has 9 nitrogen and oxygen atoms in total. The molecule has 0 radical (unpaired) electrons. The fourth-order valence-electron chi connectivity index (χ4n) is 1.46. The Morgan fingerprint density at radius 1 is 1.12 bits per heavy atom. The van der Waals surface area contributed by atoms with Gasteiger partial charge in [-0.15, -0.1) is 5.06 Å². The van der Waals surface area contributed by atoms with Crippen molar-refractivity contribution in [2.45, 2.75) is 30.6 Å². The van der Waals surface area contributed by atoms with Gasteiger partial charge in [0.05, 0.1) is 12.6 Å². The second-order valence-electron chi connectivity index (χ2n) is 3.29. The molecule has 0 aliphatic carbocycles. The standard InChI is InChI=1S/C6H13NO8S/c8-1-2-3(9)4(10)5(11)6(12)7(2)15-16(13)14/h2-6,8-12H,1H2,(H,13,14)/t2-,3+,4+,5-,6?/m1/s1. The van der Waals surface area contributed by atoms with Crippen LogP contribution in [0.4, 0.5) is 0 Å². The Labute approximate surface area is 92.9 Å². The summed E-state index contributed by atoms with van der Waals surface area (Å²) in [6.07, 6.45) is -6.96. The molecule has 10 heteroatoms. The van der Waals surface area contributed by atoms with E-state index in [1.54, 1.807) is 0 Å². The van der Waals surface area contributed by atoms with Crippen molar-refractivity contribution in [3.63, 3.8) is 0 Å². The number of nitrogens with zero attached hydrogens (tertiary/aromatic N) is 1. The summed E-state index contributed by atoms with van der Waals surface area (Å²) in [6, 6.07) is -1.33. The maximum absolute atomic E-state index is 10.4. The van der Waals surface area contributed by atoms with Crippen LogP contribution in [0.1, 0.15) is 0 Å². The minimum absolute atomic E-state index is 0.373. The van der Waals surface area contributed by atoms with Crippen molar-refractivity contribution >= 4 is 11.4 Å². The highest BCUT2D eigenvalue weighted by atomic mass is 32.2. The summed E-state index contributed by atoms with van der Waals surface area (Å²) in [5.41, 5.74) is 0. The molecule has 0 spiro atoms. The fraction of sp³-hybridized carbons (Fsp3) is 1.00. The van der Waals surface area contributed by atoms with E-state index in [9.17, 15) is 24.6 Å². The van der Waals surface area contributed by atoms with Crippen molar-refractivity contribution in [1.29, 1.82) is 0 Å². The van der Waals surface area contributed by atoms with Gasteiger partial charge in [-0.2, -0.15) is 8.49 Å². The summed E-state index contributed by atoms with van der Waals surface area (Å²) in [4.78, 5) is 0. The summed E-state index contributed by atoms with van der Waals surface area (Å²) in [7, 11) is 0. The zero-order valence-electron chi connectivity index (χ0n) is 7.95. The highest BCUT2D eigenvalue weighted by Gasteiger charge is 2.48. The summed E-state index contributed by atoms with van der Waals surface area (Å²) in [5, 5.41) is 46.6. The molecule has 2 unspecified atom stereocenters. The average molecular weight is 259 g/mol. The Kier molecular flexibility index (Phi) is 4.73. The smallest absolute Gasteiger partial charge is 0.319 e. The van der Waals surface area contributed by atoms with Crippen LogP contribution in [0, 0.1) is 0 Å². The Bertz CT molecular complexity index is 265. The van der Waals surface area contributed by atoms with E-state index in [0.717, 1.165) is 0 Å². The molecule has 0 saturated carbocycles. The predicted octanol–water partition coefficient (Wildman–Crippen LogP) is -3.87. The van der Waals surface area contributed by atoms with Gasteiger partial charge in [0, 0.05) is 0 Å². The number of piperidine rings is 1. The van der Waals surface area contributed by atoms with Gasteiger partial charge in [-0.1, -0.05) is 0 Å². The van der Waals surface area contributed by atoms with Gasteiger partial charge in [-0.25, -0.2) is 0 Å². The molecular weight excluding hydrogens is 246 g/mol. The van der Waals surface area contributed by atoms with Crippen molar-refractivity contribution in [3.05, 3.63) is 0 Å². The lowest BCUT2D eigenvalue weighted by molar-refractivity contribution is -0.300. The molecule has 0 aromatic rings. The molecule has 96 valence electrons. The van der Waals surface area contributed by atoms with Crippen molar-refractivity contribution in [1.82, 2.24) is 5.06 Å². The van der Waals surface area contributed by atoms with E-state index in [-0.39, 0.29) is 0 Å². The van der Waals surface area contributed by atoms with Gasteiger partial charge in [0.15, 0.2) is 6.23 Å². The molecule has 6 atom stereocenters. The highest BCUT2D eigenvalue weighted by Crippen LogP contribution is 2.23. The van der Waals surface area contributed by atoms with Crippen LogP contribution in [0.25, 0.3) is 0 Å². The molecule has 1 fully saturated rings. The quantitative estimate of drug-likeness (QED) is 0.280. The van der Waals surface area contributed by atoms with E-state index >= 15 is 0 Å². The molecule has 0 aromatic heterocycles. The van der Waals surface area contributed by atoms with Crippen molar-refractivity contribution in [2.75, 3.05) is 6.61 Å². The number of hydrogen-bond donors (Lipinski definition) is 6. The summed E-state index contributed by atoms with van der Waals surface area (Å²) in [5.74, 6) is 0. The van der Waals surface area contributed by atoms with Gasteiger partial charge in [0.1, 0.15) is 18.3 Å². The average Bonchev–Trinajstić information content (AvgIpc) is 2.23. The largest absolute Gasteiger partial charge is 0.395 e. The van der Waals surface area contributed by atoms with E-state index in [0.29, 0.717) is 5.06 Å². The van der Waals surface area contributed by atoms with Crippen LogP contribution in [-0.4, -0.2) is 76.5 Å². The van der Waals surface area contributed by atoms with Crippen LogP contribution >= 0.6 is 0 Å². The number of hydroxylamine groups is 2. The fourth-order valence-corrected chi connectivity index (χ4v) is 1.81. The lowest BCUT2D eigenvalue weighted by Crippen LogP contribution is -2.67. The molecular formula is C6H13NO8S. The first-order chi connectivity index (χ1) is 7.40. The molecule has 1 saturated heterocycles. The van der Waals surface area contributed by atoms with E-state index in [4.69, 9.17) is 9.66 Å². The second-order valence-corrected chi connectivity index (χ2v) is 3.87. The molecule has 16 heavy (non-hydrogen) atoms. The first-order valence-corrected chi connectivity index (χ1v) is 5.34. The molecule has 1 aliphatic rings. The van der Waals surface area contributed by atoms with Crippen LogP contribution < -0.4 is 0 Å². The van der Waals surface area contributed by atoms with Crippen molar-refractivity contribution < 1.29 is 38.6 Å². The molecule has 0 bridgehead atoms. The van der Waals surface area contributed by atoms with Crippen molar-refractivity contribution in [3.8, 4) is 0 Å². The highest BCUT2D eigenvalue weighted by molar-refractivity contribution is 7.74. The normalized spacial score (nSPS) is 43.2. The number of aliphatic hydroxyl groups is 5. The van der Waals surface area contributed by atoms with Crippen LogP contribution in [-0.2, 0) is 15.6 Å². The van der Waals surface area contributed by atoms with Gasteiger partial charge >= 0.3 is 11.4 Å². The number of aliphatic hydroxyl groups excluding tert-OH is 5. The SMILES string of the molecule is O=S(O)ON1C(O)[C@H](O)[C@@H](O)[C@@H](O)[C@H]1CO. The van der Waals surface area contributed by atoms with Gasteiger partial charge in [0.25, 0.3) is 0 Å². The molecule has 0 aromatic carbocycles. The van der Waals surface area contributed by atoms with E-state index in [1.807, 2.05) is 0 Å². The van der Waals surface area contributed by atoms with E-state index in [1.165, 1.54) is 0 Å². The zero-order valence-corrected chi connectivity index (χ0v) is 8.77. The lowest BCUT2D eigenvalue weighted by Gasteiger charge is -2.43. The molecule has 6 N–H and O–H groups in total. The monoisotopic (exact) mass is 259 g/mol. The maximum Gasteiger partial charge on any atom is 0.319 e. The van der Waals surface area contributed by atoms with Gasteiger partial charge in [-0.3, -0.25) is 4.55 Å². The molecule has 0 amide bonds. The third kappa shape index (κ3) is 2.56. The van der Waals surface area contributed by atoms with Crippen molar-refractivity contribution in [2.24, 2.45) is 0 Å². The summed E-state index contributed by atoms with van der Waals surface area (Å²) >= 11 is -2.80. The van der Waals surface area contributed by atoms with E-state index in [2.05, 4.69) is 4.28 Å². The number of rotatable bonds is 3. The van der Waals surface area contributed by atoms with Gasteiger partial charge < -0.3 is 25.5 Å². The summed E-state index contributed by atoms with van der Waals surface area (Å²) < 4.78 is 23.1. The molecule has 1 heterocycles. The van der Waals surface area contributed by atoms with Gasteiger partial charge in [0.2, 0.25) is 0 Å². The van der Waals surface area contributed by atoms with Crippen LogP contribution in [0.5, 0.6) is 0 Å². The Balaban J connectivity index is 2.88. The maximum atomic E-state index is 10.4. The molecule has 1 aliphatic heterocycles. The third-order valence-electron chi connectivity index (χ3n) is 2.32. The first kappa shape index (κ1) is 13.9. The van der Waals surface area contributed by atoms with Crippen LogP contribution in [0.3, 0.4) is 0 Å². The first-order valence-electron chi connectivity index (χ1n) is 4.31. The lowest BCUT2D eigenvalue weighted by atomic mass is 9.95.